The summed E-state index contributed by atoms with van der Waals surface area (Å²) in [6.45, 7) is 5.36. The van der Waals surface area contributed by atoms with E-state index in [-0.39, 0.29) is 11.9 Å². The van der Waals surface area contributed by atoms with Crippen molar-refractivity contribution in [1.29, 1.82) is 0 Å². The molecule has 0 unspecified atom stereocenters. The van der Waals surface area contributed by atoms with E-state index in [0.717, 1.165) is 18.5 Å². The summed E-state index contributed by atoms with van der Waals surface area (Å²) in [7, 11) is 0. The summed E-state index contributed by atoms with van der Waals surface area (Å²) in [5, 5.41) is 7.41. The van der Waals surface area contributed by atoms with E-state index in [1.807, 2.05) is 26.0 Å². The van der Waals surface area contributed by atoms with Gasteiger partial charge in [-0.15, -0.1) is 0 Å². The van der Waals surface area contributed by atoms with Crippen LogP contribution in [0.1, 0.15) is 25.8 Å². The molecule has 106 valence electrons. The van der Waals surface area contributed by atoms with Crippen LogP contribution < -0.4 is 10.6 Å². The van der Waals surface area contributed by atoms with Crippen molar-refractivity contribution in [2.24, 2.45) is 0 Å². The van der Waals surface area contributed by atoms with Gasteiger partial charge in [0, 0.05) is 29.1 Å². The lowest BCUT2D eigenvalue weighted by Gasteiger charge is -2.09. The third-order valence-corrected chi connectivity index (χ3v) is 3.15. The molecule has 1 rings (SSSR count). The van der Waals surface area contributed by atoms with E-state index >= 15 is 0 Å². The Labute approximate surface area is 124 Å². The van der Waals surface area contributed by atoms with Crippen LogP contribution in [-0.4, -0.2) is 25.0 Å². The molecule has 0 aliphatic carbocycles. The second-order valence-electron chi connectivity index (χ2n) is 4.71. The quantitative estimate of drug-likeness (QED) is 0.760. The first kappa shape index (κ1) is 16.3. The van der Waals surface area contributed by atoms with Crippen LogP contribution in [0.4, 0.5) is 0 Å². The van der Waals surface area contributed by atoms with E-state index in [0.29, 0.717) is 23.0 Å². The van der Waals surface area contributed by atoms with E-state index in [1.165, 1.54) is 0 Å². The SMILES string of the molecule is CC(C)NC(=O)CCNCCc1ccc(Cl)cc1Cl. The van der Waals surface area contributed by atoms with Crippen LogP contribution in [0, 0.1) is 0 Å². The molecule has 0 atom stereocenters. The second kappa shape index (κ2) is 8.41. The molecular formula is C14H20Cl2N2O. The van der Waals surface area contributed by atoms with Crippen LogP contribution in [0.5, 0.6) is 0 Å². The Morgan fingerprint density at radius 3 is 2.63 bits per heavy atom. The predicted octanol–water partition coefficient (Wildman–Crippen LogP) is 3.04. The first-order valence-electron chi connectivity index (χ1n) is 6.43. The van der Waals surface area contributed by atoms with E-state index in [1.54, 1.807) is 6.07 Å². The van der Waals surface area contributed by atoms with E-state index in [9.17, 15) is 4.79 Å². The molecule has 0 bridgehead atoms. The molecular weight excluding hydrogens is 283 g/mol. The lowest BCUT2D eigenvalue weighted by Crippen LogP contribution is -2.32. The van der Waals surface area contributed by atoms with Crippen molar-refractivity contribution in [2.75, 3.05) is 13.1 Å². The summed E-state index contributed by atoms with van der Waals surface area (Å²) < 4.78 is 0. The second-order valence-corrected chi connectivity index (χ2v) is 5.55. The number of carbonyl (C=O) groups is 1. The molecule has 1 aromatic rings. The van der Waals surface area contributed by atoms with Gasteiger partial charge in [-0.2, -0.15) is 0 Å². The van der Waals surface area contributed by atoms with E-state index in [4.69, 9.17) is 23.2 Å². The van der Waals surface area contributed by atoms with Crippen molar-refractivity contribution < 1.29 is 4.79 Å². The number of halogens is 2. The van der Waals surface area contributed by atoms with Gasteiger partial charge in [0.15, 0.2) is 0 Å². The average Bonchev–Trinajstić information content (AvgIpc) is 2.30. The molecule has 0 aromatic heterocycles. The van der Waals surface area contributed by atoms with Gasteiger partial charge in [0.05, 0.1) is 0 Å². The molecule has 0 saturated carbocycles. The van der Waals surface area contributed by atoms with E-state index in [2.05, 4.69) is 10.6 Å². The molecule has 0 aliphatic heterocycles. The minimum Gasteiger partial charge on any atom is -0.354 e. The van der Waals surface area contributed by atoms with Crippen LogP contribution in [0.15, 0.2) is 18.2 Å². The Balaban J connectivity index is 2.19. The van der Waals surface area contributed by atoms with Gasteiger partial charge in [-0.05, 0) is 44.5 Å². The normalized spacial score (nSPS) is 10.8. The van der Waals surface area contributed by atoms with Crippen molar-refractivity contribution >= 4 is 29.1 Å². The lowest BCUT2D eigenvalue weighted by molar-refractivity contribution is -0.121. The highest BCUT2D eigenvalue weighted by molar-refractivity contribution is 6.35. The number of benzene rings is 1. The minimum atomic E-state index is 0.0759. The fourth-order valence-electron chi connectivity index (χ4n) is 1.67. The largest absolute Gasteiger partial charge is 0.354 e. The number of rotatable bonds is 7. The predicted molar refractivity (Wildman–Crippen MR) is 80.9 cm³/mol. The van der Waals surface area contributed by atoms with Gasteiger partial charge in [0.25, 0.3) is 0 Å². The molecule has 0 saturated heterocycles. The summed E-state index contributed by atoms with van der Waals surface area (Å²) in [6, 6.07) is 5.70. The molecule has 0 spiro atoms. The monoisotopic (exact) mass is 302 g/mol. The zero-order chi connectivity index (χ0) is 14.3. The highest BCUT2D eigenvalue weighted by atomic mass is 35.5. The molecule has 1 aromatic carbocycles. The molecule has 2 N–H and O–H groups in total. The molecule has 5 heteroatoms. The van der Waals surface area contributed by atoms with Gasteiger partial charge in [0.2, 0.25) is 5.91 Å². The number of hydrogen-bond acceptors (Lipinski definition) is 2. The van der Waals surface area contributed by atoms with Gasteiger partial charge in [-0.25, -0.2) is 0 Å². The van der Waals surface area contributed by atoms with Crippen molar-refractivity contribution in [3.05, 3.63) is 33.8 Å². The molecule has 19 heavy (non-hydrogen) atoms. The fraction of sp³-hybridized carbons (Fsp3) is 0.500. The Hall–Kier alpha value is -0.770. The number of nitrogens with one attached hydrogen (secondary N) is 2. The van der Waals surface area contributed by atoms with Gasteiger partial charge in [-0.1, -0.05) is 29.3 Å². The summed E-state index contributed by atoms with van der Waals surface area (Å²) in [4.78, 5) is 11.4. The zero-order valence-electron chi connectivity index (χ0n) is 11.3. The number of amides is 1. The van der Waals surface area contributed by atoms with Crippen molar-refractivity contribution in [3.8, 4) is 0 Å². The smallest absolute Gasteiger partial charge is 0.221 e. The molecule has 3 nitrogen and oxygen atoms in total. The third-order valence-electron chi connectivity index (χ3n) is 2.56. The van der Waals surface area contributed by atoms with Crippen molar-refractivity contribution in [3.63, 3.8) is 0 Å². The Bertz CT molecular complexity index is 422. The first-order valence-corrected chi connectivity index (χ1v) is 7.18. The molecule has 0 heterocycles. The molecule has 0 aliphatic rings. The number of carbonyl (C=O) groups excluding carboxylic acids is 1. The highest BCUT2D eigenvalue weighted by Crippen LogP contribution is 2.20. The maximum Gasteiger partial charge on any atom is 0.221 e. The van der Waals surface area contributed by atoms with Crippen molar-refractivity contribution in [1.82, 2.24) is 10.6 Å². The van der Waals surface area contributed by atoms with Gasteiger partial charge < -0.3 is 10.6 Å². The van der Waals surface area contributed by atoms with Crippen molar-refractivity contribution in [2.45, 2.75) is 32.7 Å². The Morgan fingerprint density at radius 1 is 1.26 bits per heavy atom. The maximum atomic E-state index is 11.4. The summed E-state index contributed by atoms with van der Waals surface area (Å²) in [5.74, 6) is 0.0759. The standard InChI is InChI=1S/C14H20Cl2N2O/c1-10(2)18-14(19)6-8-17-7-5-11-3-4-12(15)9-13(11)16/h3-4,9-10,17H,5-8H2,1-2H3,(H,18,19). The molecule has 1 amide bonds. The van der Waals surface area contributed by atoms with Crippen LogP contribution in [0.2, 0.25) is 10.0 Å². The van der Waals surface area contributed by atoms with Crippen LogP contribution in [-0.2, 0) is 11.2 Å². The maximum absolute atomic E-state index is 11.4. The highest BCUT2D eigenvalue weighted by Gasteiger charge is 2.03. The third kappa shape index (κ3) is 6.81. The van der Waals surface area contributed by atoms with Gasteiger partial charge in [-0.3, -0.25) is 4.79 Å². The van der Waals surface area contributed by atoms with Gasteiger partial charge in [0.1, 0.15) is 0 Å². The lowest BCUT2D eigenvalue weighted by atomic mass is 10.1. The Morgan fingerprint density at radius 2 is 2.00 bits per heavy atom. The molecule has 0 radical (unpaired) electrons. The average molecular weight is 303 g/mol. The zero-order valence-corrected chi connectivity index (χ0v) is 12.8. The minimum absolute atomic E-state index is 0.0759. The van der Waals surface area contributed by atoms with Crippen LogP contribution in [0.3, 0.4) is 0 Å². The van der Waals surface area contributed by atoms with Crippen LogP contribution in [0.25, 0.3) is 0 Å². The molecule has 0 fully saturated rings. The van der Waals surface area contributed by atoms with Crippen LogP contribution >= 0.6 is 23.2 Å². The summed E-state index contributed by atoms with van der Waals surface area (Å²) in [6.07, 6.45) is 1.31. The summed E-state index contributed by atoms with van der Waals surface area (Å²) in [5.41, 5.74) is 1.06. The van der Waals surface area contributed by atoms with Gasteiger partial charge >= 0.3 is 0 Å². The Kier molecular flexibility index (Phi) is 7.21. The van der Waals surface area contributed by atoms with E-state index < -0.39 is 0 Å². The summed E-state index contributed by atoms with van der Waals surface area (Å²) >= 11 is 11.9. The fourth-order valence-corrected chi connectivity index (χ4v) is 2.17. The first-order chi connectivity index (χ1) is 8.99. The number of hydrogen-bond donors (Lipinski definition) is 2. The topological polar surface area (TPSA) is 41.1 Å².